The Hall–Kier alpha value is -0.770. The molecule has 1 aromatic rings. The number of aromatic hydroxyl groups is 1. The number of methoxy groups -OCH3 is 1. The molecule has 0 spiro atoms. The van der Waals surface area contributed by atoms with Crippen LogP contribution in [0.15, 0.2) is 18.2 Å². The molecule has 1 rings (SSSR count). The van der Waals surface area contributed by atoms with Gasteiger partial charge in [-0.2, -0.15) is 0 Å². The van der Waals surface area contributed by atoms with Gasteiger partial charge in [0.2, 0.25) is 0 Å². The van der Waals surface area contributed by atoms with Crippen molar-refractivity contribution in [3.8, 4) is 5.75 Å². The molecule has 2 N–H and O–H groups in total. The Morgan fingerprint density at radius 3 is 2.87 bits per heavy atom. The molecule has 0 aliphatic rings. The van der Waals surface area contributed by atoms with Crippen LogP contribution < -0.4 is 5.32 Å². The van der Waals surface area contributed by atoms with E-state index >= 15 is 0 Å². The molecule has 4 heteroatoms. The third kappa shape index (κ3) is 4.08. The number of ether oxygens (including phenoxy) is 1. The lowest BCUT2D eigenvalue weighted by molar-refractivity contribution is 0.117. The van der Waals surface area contributed by atoms with Crippen molar-refractivity contribution in [2.24, 2.45) is 0 Å². The highest BCUT2D eigenvalue weighted by atomic mass is 35.5. The van der Waals surface area contributed by atoms with Crippen molar-refractivity contribution in [3.05, 3.63) is 28.8 Å². The van der Waals surface area contributed by atoms with Gasteiger partial charge in [0.1, 0.15) is 5.75 Å². The van der Waals surface area contributed by atoms with Crippen molar-refractivity contribution in [1.82, 2.24) is 5.32 Å². The highest BCUT2D eigenvalue weighted by molar-refractivity contribution is 6.32. The van der Waals surface area contributed by atoms with E-state index in [1.165, 1.54) is 0 Å². The maximum absolute atomic E-state index is 9.22. The maximum Gasteiger partial charge on any atom is 0.134 e. The average Bonchev–Trinajstić information content (AvgIpc) is 2.23. The summed E-state index contributed by atoms with van der Waals surface area (Å²) in [7, 11) is 1.68. The van der Waals surface area contributed by atoms with E-state index in [0.29, 0.717) is 11.6 Å². The molecular weight excluding hydrogens is 214 g/mol. The molecule has 0 aliphatic carbocycles. The fraction of sp³-hybridized carbons (Fsp3) is 0.455. The molecule has 0 saturated heterocycles. The summed E-state index contributed by atoms with van der Waals surface area (Å²) in [6.07, 6.45) is 0.192. The van der Waals surface area contributed by atoms with Gasteiger partial charge in [0.05, 0.1) is 11.1 Å². The van der Waals surface area contributed by atoms with Gasteiger partial charge in [0.25, 0.3) is 0 Å². The van der Waals surface area contributed by atoms with E-state index in [9.17, 15) is 5.11 Å². The van der Waals surface area contributed by atoms with E-state index in [1.54, 1.807) is 19.2 Å². The molecule has 0 heterocycles. The van der Waals surface area contributed by atoms with Crippen molar-refractivity contribution in [2.45, 2.75) is 19.6 Å². The molecule has 84 valence electrons. The topological polar surface area (TPSA) is 41.5 Å². The second kappa shape index (κ2) is 5.95. The van der Waals surface area contributed by atoms with Crippen LogP contribution in [-0.2, 0) is 11.3 Å². The molecule has 0 bridgehead atoms. The predicted molar refractivity (Wildman–Crippen MR) is 61.3 cm³/mol. The first kappa shape index (κ1) is 12.3. The Labute approximate surface area is 95.0 Å². The van der Waals surface area contributed by atoms with Crippen LogP contribution in [0.3, 0.4) is 0 Å². The van der Waals surface area contributed by atoms with Gasteiger partial charge in [-0.3, -0.25) is 0 Å². The summed E-state index contributed by atoms with van der Waals surface area (Å²) in [4.78, 5) is 0. The van der Waals surface area contributed by atoms with Crippen molar-refractivity contribution in [2.75, 3.05) is 13.7 Å². The number of nitrogens with one attached hydrogen (secondary N) is 1. The SMILES string of the molecule is COC(C)CNCc1ccc(O)c(Cl)c1. The van der Waals surface area contributed by atoms with Gasteiger partial charge in [-0.05, 0) is 24.6 Å². The molecular formula is C11H16ClNO2. The van der Waals surface area contributed by atoms with E-state index in [4.69, 9.17) is 16.3 Å². The summed E-state index contributed by atoms with van der Waals surface area (Å²) in [5.74, 6) is 0.116. The highest BCUT2D eigenvalue weighted by Crippen LogP contribution is 2.23. The Morgan fingerprint density at radius 2 is 2.27 bits per heavy atom. The normalized spacial score (nSPS) is 12.7. The van der Waals surface area contributed by atoms with Gasteiger partial charge in [-0.1, -0.05) is 17.7 Å². The first-order valence-corrected chi connectivity index (χ1v) is 5.22. The Morgan fingerprint density at radius 1 is 1.53 bits per heavy atom. The predicted octanol–water partition coefficient (Wildman–Crippen LogP) is 2.17. The van der Waals surface area contributed by atoms with E-state index in [1.807, 2.05) is 13.0 Å². The van der Waals surface area contributed by atoms with Crippen molar-refractivity contribution < 1.29 is 9.84 Å². The van der Waals surface area contributed by atoms with Crippen LogP contribution >= 0.6 is 11.6 Å². The van der Waals surface area contributed by atoms with E-state index in [-0.39, 0.29) is 11.9 Å². The number of hydrogen-bond donors (Lipinski definition) is 2. The molecule has 0 saturated carbocycles. The van der Waals surface area contributed by atoms with Crippen LogP contribution in [0.1, 0.15) is 12.5 Å². The maximum atomic E-state index is 9.22. The van der Waals surface area contributed by atoms with Crippen LogP contribution in [0.5, 0.6) is 5.75 Å². The lowest BCUT2D eigenvalue weighted by Crippen LogP contribution is -2.25. The van der Waals surface area contributed by atoms with Gasteiger partial charge in [0, 0.05) is 20.2 Å². The number of phenols is 1. The first-order chi connectivity index (χ1) is 7.13. The molecule has 0 aromatic heterocycles. The largest absolute Gasteiger partial charge is 0.506 e. The van der Waals surface area contributed by atoms with E-state index in [2.05, 4.69) is 5.32 Å². The molecule has 15 heavy (non-hydrogen) atoms. The molecule has 0 radical (unpaired) electrons. The second-order valence-electron chi connectivity index (χ2n) is 3.46. The smallest absolute Gasteiger partial charge is 0.134 e. The number of halogens is 1. The number of phenolic OH excluding ortho intramolecular Hbond substituents is 1. The lowest BCUT2D eigenvalue weighted by atomic mass is 10.2. The van der Waals surface area contributed by atoms with Gasteiger partial charge in [-0.15, -0.1) is 0 Å². The van der Waals surface area contributed by atoms with Crippen LogP contribution in [0.2, 0.25) is 5.02 Å². The molecule has 1 aromatic carbocycles. The third-order valence-corrected chi connectivity index (χ3v) is 2.48. The minimum absolute atomic E-state index is 0.116. The molecule has 1 atom stereocenters. The second-order valence-corrected chi connectivity index (χ2v) is 3.87. The number of benzene rings is 1. The minimum atomic E-state index is 0.116. The quantitative estimate of drug-likeness (QED) is 0.813. The van der Waals surface area contributed by atoms with Crippen molar-refractivity contribution >= 4 is 11.6 Å². The van der Waals surface area contributed by atoms with Gasteiger partial charge >= 0.3 is 0 Å². The van der Waals surface area contributed by atoms with Gasteiger partial charge in [0.15, 0.2) is 0 Å². The van der Waals surface area contributed by atoms with Crippen LogP contribution in [0.4, 0.5) is 0 Å². The van der Waals surface area contributed by atoms with Crippen molar-refractivity contribution in [3.63, 3.8) is 0 Å². The van der Waals surface area contributed by atoms with Crippen LogP contribution in [0.25, 0.3) is 0 Å². The zero-order chi connectivity index (χ0) is 11.3. The molecule has 3 nitrogen and oxygen atoms in total. The first-order valence-electron chi connectivity index (χ1n) is 4.84. The molecule has 0 aliphatic heterocycles. The standard InChI is InChI=1S/C11H16ClNO2/c1-8(15-2)6-13-7-9-3-4-11(14)10(12)5-9/h3-5,8,13-14H,6-7H2,1-2H3. The summed E-state index contributed by atoms with van der Waals surface area (Å²) < 4.78 is 5.10. The van der Waals surface area contributed by atoms with Crippen LogP contribution in [-0.4, -0.2) is 24.9 Å². The van der Waals surface area contributed by atoms with Gasteiger partial charge in [-0.25, -0.2) is 0 Å². The Kier molecular flexibility index (Phi) is 4.88. The summed E-state index contributed by atoms with van der Waals surface area (Å²) in [5.41, 5.74) is 1.04. The summed E-state index contributed by atoms with van der Waals surface area (Å²) in [6.45, 7) is 3.50. The van der Waals surface area contributed by atoms with Crippen LogP contribution in [0, 0.1) is 0 Å². The number of rotatable bonds is 5. The fourth-order valence-corrected chi connectivity index (χ4v) is 1.37. The van der Waals surface area contributed by atoms with Crippen molar-refractivity contribution in [1.29, 1.82) is 0 Å². The number of hydrogen-bond acceptors (Lipinski definition) is 3. The summed E-state index contributed by atoms with van der Waals surface area (Å²) in [5, 5.41) is 12.8. The van der Waals surface area contributed by atoms with Gasteiger partial charge < -0.3 is 15.2 Å². The van der Waals surface area contributed by atoms with E-state index in [0.717, 1.165) is 12.1 Å². The third-order valence-electron chi connectivity index (χ3n) is 2.18. The zero-order valence-corrected chi connectivity index (χ0v) is 9.71. The molecule has 1 unspecified atom stereocenters. The fourth-order valence-electron chi connectivity index (χ4n) is 1.16. The molecule has 0 fully saturated rings. The van der Waals surface area contributed by atoms with E-state index < -0.39 is 0 Å². The summed E-state index contributed by atoms with van der Waals surface area (Å²) in [6, 6.07) is 5.19. The zero-order valence-electron chi connectivity index (χ0n) is 8.96. The lowest BCUT2D eigenvalue weighted by Gasteiger charge is -2.10. The summed E-state index contributed by atoms with van der Waals surface area (Å²) >= 11 is 5.78. The monoisotopic (exact) mass is 229 g/mol. The average molecular weight is 230 g/mol. The molecule has 0 amide bonds. The highest BCUT2D eigenvalue weighted by Gasteiger charge is 2.01. The Balaban J connectivity index is 2.41. The Bertz CT molecular complexity index is 317. The minimum Gasteiger partial charge on any atom is -0.506 e.